The zero-order valence-electron chi connectivity index (χ0n) is 9.29. The second-order valence-electron chi connectivity index (χ2n) is 4.72. The predicted molar refractivity (Wildman–Crippen MR) is 58.5 cm³/mol. The molecule has 0 radical (unpaired) electrons. The molecule has 3 nitrogen and oxygen atoms in total. The molecular formula is C12H15FN2O. The largest absolute Gasteiger partial charge is 0.351 e. The molecule has 1 aliphatic rings. The van der Waals surface area contributed by atoms with Crippen LogP contribution in [0.25, 0.3) is 0 Å². The van der Waals surface area contributed by atoms with Gasteiger partial charge in [-0.25, -0.2) is 4.98 Å². The van der Waals surface area contributed by atoms with E-state index in [-0.39, 0.29) is 11.3 Å². The number of nitrogens with one attached hydrogen (secondary N) is 1. The molecule has 16 heavy (non-hydrogen) atoms. The van der Waals surface area contributed by atoms with Gasteiger partial charge >= 0.3 is 0 Å². The number of carbonyl (C=O) groups excluding carboxylic acids is 1. The lowest BCUT2D eigenvalue weighted by atomic mass is 9.70. The predicted octanol–water partition coefficient (Wildman–Crippen LogP) is 2.14. The Hall–Kier alpha value is -1.45. The van der Waals surface area contributed by atoms with Gasteiger partial charge in [0.25, 0.3) is 5.91 Å². The van der Waals surface area contributed by atoms with Gasteiger partial charge in [0.2, 0.25) is 5.95 Å². The zero-order chi connectivity index (χ0) is 11.6. The summed E-state index contributed by atoms with van der Waals surface area (Å²) >= 11 is 0. The van der Waals surface area contributed by atoms with Crippen LogP contribution in [0.4, 0.5) is 4.39 Å². The van der Waals surface area contributed by atoms with Crippen LogP contribution in [0.3, 0.4) is 0 Å². The average Bonchev–Trinajstić information content (AvgIpc) is 2.24. The second kappa shape index (κ2) is 4.20. The molecule has 1 aromatic rings. The first kappa shape index (κ1) is 11.0. The van der Waals surface area contributed by atoms with Crippen LogP contribution in [0.2, 0.25) is 0 Å². The lowest BCUT2D eigenvalue weighted by Crippen LogP contribution is -2.39. The highest BCUT2D eigenvalue weighted by molar-refractivity contribution is 5.93. The van der Waals surface area contributed by atoms with E-state index in [0.29, 0.717) is 12.1 Å². The Kier molecular flexibility index (Phi) is 2.90. The van der Waals surface area contributed by atoms with Crippen LogP contribution in [0.1, 0.15) is 36.5 Å². The first-order valence-corrected chi connectivity index (χ1v) is 5.49. The molecule has 1 N–H and O–H groups in total. The zero-order valence-corrected chi connectivity index (χ0v) is 9.29. The molecule has 0 aromatic carbocycles. The van der Waals surface area contributed by atoms with Crippen molar-refractivity contribution >= 4 is 5.91 Å². The molecule has 4 heteroatoms. The number of aromatic nitrogens is 1. The molecular weight excluding hydrogens is 207 g/mol. The highest BCUT2D eigenvalue weighted by Gasteiger charge is 2.31. The van der Waals surface area contributed by atoms with E-state index in [4.69, 9.17) is 0 Å². The standard InChI is InChI=1S/C12H15FN2O/c1-12(5-2-6-12)8-15-11(16)9-3-4-10(13)14-7-9/h3-4,7H,2,5-6,8H2,1H3,(H,15,16). The number of nitrogens with zero attached hydrogens (tertiary/aromatic N) is 1. The highest BCUT2D eigenvalue weighted by atomic mass is 19.1. The third-order valence-corrected chi connectivity index (χ3v) is 3.23. The minimum Gasteiger partial charge on any atom is -0.351 e. The lowest BCUT2D eigenvalue weighted by Gasteiger charge is -2.38. The number of carbonyl (C=O) groups is 1. The quantitative estimate of drug-likeness (QED) is 0.796. The Balaban J connectivity index is 1.90. The van der Waals surface area contributed by atoms with Crippen LogP contribution >= 0.6 is 0 Å². The molecule has 86 valence electrons. The summed E-state index contributed by atoms with van der Waals surface area (Å²) in [5.41, 5.74) is 0.660. The van der Waals surface area contributed by atoms with E-state index in [1.54, 1.807) is 0 Å². The first-order chi connectivity index (χ1) is 7.59. The van der Waals surface area contributed by atoms with E-state index < -0.39 is 5.95 Å². The summed E-state index contributed by atoms with van der Waals surface area (Å²) < 4.78 is 12.5. The molecule has 0 spiro atoms. The monoisotopic (exact) mass is 222 g/mol. The van der Waals surface area contributed by atoms with Gasteiger partial charge in [-0.15, -0.1) is 0 Å². The van der Waals surface area contributed by atoms with Crippen molar-refractivity contribution in [1.82, 2.24) is 10.3 Å². The van der Waals surface area contributed by atoms with Gasteiger partial charge in [0, 0.05) is 12.7 Å². The summed E-state index contributed by atoms with van der Waals surface area (Å²) in [6, 6.07) is 2.64. The molecule has 1 aromatic heterocycles. The average molecular weight is 222 g/mol. The van der Waals surface area contributed by atoms with Crippen molar-refractivity contribution < 1.29 is 9.18 Å². The van der Waals surface area contributed by atoms with Crippen LogP contribution in [0, 0.1) is 11.4 Å². The van der Waals surface area contributed by atoms with Crippen molar-refractivity contribution in [2.24, 2.45) is 5.41 Å². The molecule has 0 unspecified atom stereocenters. The molecule has 2 rings (SSSR count). The Labute approximate surface area is 94.1 Å². The smallest absolute Gasteiger partial charge is 0.252 e. The minimum atomic E-state index is -0.567. The number of amides is 1. The summed E-state index contributed by atoms with van der Waals surface area (Å²) in [7, 11) is 0. The summed E-state index contributed by atoms with van der Waals surface area (Å²) in [6.45, 7) is 2.85. The highest BCUT2D eigenvalue weighted by Crippen LogP contribution is 2.39. The van der Waals surface area contributed by atoms with E-state index >= 15 is 0 Å². The summed E-state index contributed by atoms with van der Waals surface area (Å²) in [5, 5.41) is 2.86. The van der Waals surface area contributed by atoms with Crippen LogP contribution in [0.5, 0.6) is 0 Å². The number of hydrogen-bond donors (Lipinski definition) is 1. The van der Waals surface area contributed by atoms with Crippen molar-refractivity contribution in [3.8, 4) is 0 Å². The van der Waals surface area contributed by atoms with Gasteiger partial charge in [-0.1, -0.05) is 13.3 Å². The topological polar surface area (TPSA) is 42.0 Å². The molecule has 1 fully saturated rings. The maximum absolute atomic E-state index is 12.5. The number of pyridine rings is 1. The van der Waals surface area contributed by atoms with E-state index in [1.807, 2.05) is 0 Å². The third kappa shape index (κ3) is 2.38. The van der Waals surface area contributed by atoms with Crippen molar-refractivity contribution in [1.29, 1.82) is 0 Å². The first-order valence-electron chi connectivity index (χ1n) is 5.49. The fraction of sp³-hybridized carbons (Fsp3) is 0.500. The van der Waals surface area contributed by atoms with E-state index in [1.165, 1.54) is 24.8 Å². The Morgan fingerprint density at radius 3 is 2.81 bits per heavy atom. The van der Waals surface area contributed by atoms with Gasteiger partial charge in [0.1, 0.15) is 0 Å². The molecule has 0 bridgehead atoms. The SMILES string of the molecule is CC1(CNC(=O)c2ccc(F)nc2)CCC1. The maximum atomic E-state index is 12.5. The van der Waals surface area contributed by atoms with Crippen LogP contribution in [0.15, 0.2) is 18.3 Å². The number of rotatable bonds is 3. The van der Waals surface area contributed by atoms with Gasteiger partial charge in [0.15, 0.2) is 0 Å². The molecule has 0 aliphatic heterocycles. The minimum absolute atomic E-state index is 0.180. The van der Waals surface area contributed by atoms with Crippen molar-refractivity contribution in [3.63, 3.8) is 0 Å². The van der Waals surface area contributed by atoms with E-state index in [0.717, 1.165) is 12.8 Å². The van der Waals surface area contributed by atoms with Crippen LogP contribution in [-0.2, 0) is 0 Å². The van der Waals surface area contributed by atoms with Crippen molar-refractivity contribution in [2.75, 3.05) is 6.54 Å². The molecule has 0 atom stereocenters. The number of hydrogen-bond acceptors (Lipinski definition) is 2. The summed E-state index contributed by atoms with van der Waals surface area (Å²) in [4.78, 5) is 15.1. The molecule has 0 saturated heterocycles. The second-order valence-corrected chi connectivity index (χ2v) is 4.72. The van der Waals surface area contributed by atoms with Crippen molar-refractivity contribution in [2.45, 2.75) is 26.2 Å². The van der Waals surface area contributed by atoms with Gasteiger partial charge in [0.05, 0.1) is 5.56 Å². The maximum Gasteiger partial charge on any atom is 0.252 e. The Morgan fingerprint density at radius 1 is 1.56 bits per heavy atom. The van der Waals surface area contributed by atoms with Gasteiger partial charge < -0.3 is 5.32 Å². The van der Waals surface area contributed by atoms with Crippen LogP contribution in [-0.4, -0.2) is 17.4 Å². The third-order valence-electron chi connectivity index (χ3n) is 3.23. The molecule has 1 saturated carbocycles. The number of halogens is 1. The van der Waals surface area contributed by atoms with Gasteiger partial charge in [-0.2, -0.15) is 4.39 Å². The molecule has 1 heterocycles. The van der Waals surface area contributed by atoms with Gasteiger partial charge in [-0.05, 0) is 30.4 Å². The van der Waals surface area contributed by atoms with Crippen LogP contribution < -0.4 is 5.32 Å². The summed E-state index contributed by atoms with van der Waals surface area (Å²) in [6.07, 6.45) is 4.82. The van der Waals surface area contributed by atoms with E-state index in [9.17, 15) is 9.18 Å². The summed E-state index contributed by atoms with van der Waals surface area (Å²) in [5.74, 6) is -0.747. The molecule has 1 aliphatic carbocycles. The van der Waals surface area contributed by atoms with E-state index in [2.05, 4.69) is 17.2 Å². The fourth-order valence-corrected chi connectivity index (χ4v) is 1.86. The Bertz CT molecular complexity index is 385. The van der Waals surface area contributed by atoms with Gasteiger partial charge in [-0.3, -0.25) is 4.79 Å². The fourth-order valence-electron chi connectivity index (χ4n) is 1.86. The normalized spacial score (nSPS) is 17.6. The molecule has 1 amide bonds. The lowest BCUT2D eigenvalue weighted by molar-refractivity contribution is 0.0890. The van der Waals surface area contributed by atoms with Crippen molar-refractivity contribution in [3.05, 3.63) is 29.8 Å². The Morgan fingerprint density at radius 2 is 2.31 bits per heavy atom.